The lowest BCUT2D eigenvalue weighted by molar-refractivity contribution is 0.0953. The summed E-state index contributed by atoms with van der Waals surface area (Å²) in [6, 6.07) is 10.9. The van der Waals surface area contributed by atoms with Crippen LogP contribution in [-0.2, 0) is 0 Å². The predicted molar refractivity (Wildman–Crippen MR) is 85.9 cm³/mol. The molecule has 116 valence electrons. The maximum absolute atomic E-state index is 12.0. The quantitative estimate of drug-likeness (QED) is 0.798. The van der Waals surface area contributed by atoms with Crippen LogP contribution in [0, 0.1) is 0 Å². The Hall–Kier alpha value is -2.43. The number of ether oxygens (including phenoxy) is 1. The van der Waals surface area contributed by atoms with Crippen molar-refractivity contribution in [3.63, 3.8) is 0 Å². The highest BCUT2D eigenvalue weighted by molar-refractivity contribution is 5.94. The van der Waals surface area contributed by atoms with Gasteiger partial charge in [0.1, 0.15) is 0 Å². The van der Waals surface area contributed by atoms with E-state index >= 15 is 0 Å². The van der Waals surface area contributed by atoms with Crippen molar-refractivity contribution in [3.05, 3.63) is 42.0 Å². The summed E-state index contributed by atoms with van der Waals surface area (Å²) in [7, 11) is 1.55. The molecule has 5 nitrogen and oxygen atoms in total. The van der Waals surface area contributed by atoms with Crippen LogP contribution in [0.25, 0.3) is 11.3 Å². The molecule has 0 radical (unpaired) electrons. The summed E-state index contributed by atoms with van der Waals surface area (Å²) in [6.07, 6.45) is 3.30. The first-order valence-electron chi connectivity index (χ1n) is 7.51. The molecule has 1 amide bonds. The molecule has 0 atom stereocenters. The highest BCUT2D eigenvalue weighted by atomic mass is 16.5. The normalized spacial score (nSPS) is 10.3. The number of amides is 1. The average molecular weight is 299 g/mol. The van der Waals surface area contributed by atoms with Crippen molar-refractivity contribution in [3.8, 4) is 17.1 Å². The molecule has 0 saturated heterocycles. The molecule has 0 saturated carbocycles. The van der Waals surface area contributed by atoms with Gasteiger partial charge in [-0.05, 0) is 24.6 Å². The van der Waals surface area contributed by atoms with Gasteiger partial charge in [0.15, 0.2) is 0 Å². The zero-order valence-electron chi connectivity index (χ0n) is 13.0. The molecule has 0 aliphatic heterocycles. The largest absolute Gasteiger partial charge is 0.480 e. The zero-order chi connectivity index (χ0) is 15.8. The van der Waals surface area contributed by atoms with Crippen molar-refractivity contribution in [2.24, 2.45) is 0 Å². The number of methoxy groups -OCH3 is 1. The van der Waals surface area contributed by atoms with Crippen molar-refractivity contribution in [1.82, 2.24) is 15.5 Å². The number of nitrogens with zero attached hydrogens (tertiary/aromatic N) is 2. The lowest BCUT2D eigenvalue weighted by Crippen LogP contribution is -2.24. The maximum Gasteiger partial charge on any atom is 0.251 e. The third-order valence-electron chi connectivity index (χ3n) is 3.36. The van der Waals surface area contributed by atoms with Crippen molar-refractivity contribution in [1.29, 1.82) is 0 Å². The number of nitrogens with one attached hydrogen (secondary N) is 1. The standard InChI is InChI=1S/C17H21N3O2/c1-3-4-5-12-18-17(21)14-8-6-13(7-9-14)15-10-11-16(22-2)20-19-15/h6-11H,3-5,12H2,1-2H3,(H,18,21). The van der Waals surface area contributed by atoms with Crippen LogP contribution in [0.1, 0.15) is 36.5 Å². The summed E-state index contributed by atoms with van der Waals surface area (Å²) in [4.78, 5) is 12.0. The summed E-state index contributed by atoms with van der Waals surface area (Å²) in [5.74, 6) is 0.440. The smallest absolute Gasteiger partial charge is 0.251 e. The maximum atomic E-state index is 12.0. The monoisotopic (exact) mass is 299 g/mol. The van der Waals surface area contributed by atoms with Crippen LogP contribution in [0.3, 0.4) is 0 Å². The van der Waals surface area contributed by atoms with Gasteiger partial charge in [0.25, 0.3) is 5.91 Å². The van der Waals surface area contributed by atoms with E-state index in [-0.39, 0.29) is 5.91 Å². The number of carbonyl (C=O) groups excluding carboxylic acids is 1. The minimum absolute atomic E-state index is 0.0385. The topological polar surface area (TPSA) is 64.1 Å². The highest BCUT2D eigenvalue weighted by Gasteiger charge is 2.06. The van der Waals surface area contributed by atoms with Crippen LogP contribution in [0.5, 0.6) is 5.88 Å². The number of carbonyl (C=O) groups is 1. The van der Waals surface area contributed by atoms with Crippen molar-refractivity contribution >= 4 is 5.91 Å². The molecule has 0 fully saturated rings. The molecule has 2 aromatic rings. The number of aromatic nitrogens is 2. The Morgan fingerprint density at radius 3 is 2.45 bits per heavy atom. The van der Waals surface area contributed by atoms with Gasteiger partial charge in [-0.25, -0.2) is 0 Å². The van der Waals surface area contributed by atoms with Crippen LogP contribution < -0.4 is 10.1 Å². The van der Waals surface area contributed by atoms with Gasteiger partial charge in [-0.2, -0.15) is 0 Å². The van der Waals surface area contributed by atoms with Crippen molar-refractivity contribution < 1.29 is 9.53 Å². The first-order valence-corrected chi connectivity index (χ1v) is 7.51. The summed E-state index contributed by atoms with van der Waals surface area (Å²) in [5, 5.41) is 11.0. The molecule has 2 rings (SSSR count). The van der Waals surface area contributed by atoms with E-state index in [4.69, 9.17) is 4.74 Å². The van der Waals surface area contributed by atoms with Crippen molar-refractivity contribution in [2.75, 3.05) is 13.7 Å². The second kappa shape index (κ2) is 8.12. The Balaban J connectivity index is 1.98. The van der Waals surface area contributed by atoms with E-state index in [1.54, 1.807) is 25.3 Å². The molecule has 0 spiro atoms. The molecular formula is C17H21N3O2. The third-order valence-corrected chi connectivity index (χ3v) is 3.36. The number of hydrogen-bond acceptors (Lipinski definition) is 4. The van der Waals surface area contributed by atoms with Crippen LogP contribution in [-0.4, -0.2) is 29.8 Å². The highest BCUT2D eigenvalue weighted by Crippen LogP contribution is 2.18. The lowest BCUT2D eigenvalue weighted by atomic mass is 10.1. The van der Waals surface area contributed by atoms with E-state index in [2.05, 4.69) is 22.4 Å². The number of hydrogen-bond donors (Lipinski definition) is 1. The molecular weight excluding hydrogens is 278 g/mol. The van der Waals surface area contributed by atoms with Gasteiger partial charge in [-0.15, -0.1) is 10.2 Å². The van der Waals surface area contributed by atoms with Gasteiger partial charge in [0.05, 0.1) is 12.8 Å². The van der Waals surface area contributed by atoms with E-state index in [0.717, 1.165) is 37.1 Å². The van der Waals surface area contributed by atoms with Crippen LogP contribution in [0.4, 0.5) is 0 Å². The van der Waals surface area contributed by atoms with Gasteiger partial charge < -0.3 is 10.1 Å². The van der Waals surface area contributed by atoms with Gasteiger partial charge in [0.2, 0.25) is 5.88 Å². The van der Waals surface area contributed by atoms with Gasteiger partial charge >= 0.3 is 0 Å². The Bertz CT molecular complexity index is 594. The third kappa shape index (κ3) is 4.28. The van der Waals surface area contributed by atoms with E-state index in [0.29, 0.717) is 11.4 Å². The first-order chi connectivity index (χ1) is 10.7. The summed E-state index contributed by atoms with van der Waals surface area (Å²) in [5.41, 5.74) is 2.31. The SMILES string of the molecule is CCCCCNC(=O)c1ccc(-c2ccc(OC)nn2)cc1. The Morgan fingerprint density at radius 2 is 1.86 bits per heavy atom. The Kier molecular flexibility index (Phi) is 5.89. The Labute approximate surface area is 130 Å². The molecule has 0 aliphatic carbocycles. The van der Waals surface area contributed by atoms with Crippen LogP contribution in [0.15, 0.2) is 36.4 Å². The van der Waals surface area contributed by atoms with E-state index in [1.165, 1.54) is 0 Å². The molecule has 1 heterocycles. The van der Waals surface area contributed by atoms with Gasteiger partial charge in [-0.3, -0.25) is 4.79 Å². The van der Waals surface area contributed by atoms with Crippen LogP contribution >= 0.6 is 0 Å². The average Bonchev–Trinajstić information content (AvgIpc) is 2.59. The van der Waals surface area contributed by atoms with E-state index in [9.17, 15) is 4.79 Å². The molecule has 1 aromatic heterocycles. The molecule has 1 N–H and O–H groups in total. The fraction of sp³-hybridized carbons (Fsp3) is 0.353. The molecule has 5 heteroatoms. The molecule has 0 aliphatic rings. The fourth-order valence-electron chi connectivity index (χ4n) is 2.05. The molecule has 0 unspecified atom stereocenters. The Morgan fingerprint density at radius 1 is 1.09 bits per heavy atom. The number of rotatable bonds is 7. The fourth-order valence-corrected chi connectivity index (χ4v) is 2.05. The minimum Gasteiger partial charge on any atom is -0.480 e. The number of benzene rings is 1. The summed E-state index contributed by atoms with van der Waals surface area (Å²) >= 11 is 0. The minimum atomic E-state index is -0.0385. The summed E-state index contributed by atoms with van der Waals surface area (Å²) < 4.78 is 4.98. The second-order valence-electron chi connectivity index (χ2n) is 5.00. The van der Waals surface area contributed by atoms with E-state index < -0.39 is 0 Å². The second-order valence-corrected chi connectivity index (χ2v) is 5.00. The predicted octanol–water partition coefficient (Wildman–Crippen LogP) is 3.07. The van der Waals surface area contributed by atoms with Gasteiger partial charge in [0, 0.05) is 23.7 Å². The van der Waals surface area contributed by atoms with Crippen molar-refractivity contribution in [2.45, 2.75) is 26.2 Å². The molecule has 0 bridgehead atoms. The number of unbranched alkanes of at least 4 members (excludes halogenated alkanes) is 2. The summed E-state index contributed by atoms with van der Waals surface area (Å²) in [6.45, 7) is 2.86. The van der Waals surface area contributed by atoms with Crippen LogP contribution in [0.2, 0.25) is 0 Å². The molecule has 22 heavy (non-hydrogen) atoms. The van der Waals surface area contributed by atoms with E-state index in [1.807, 2.05) is 18.2 Å². The zero-order valence-corrected chi connectivity index (χ0v) is 13.0. The van der Waals surface area contributed by atoms with Gasteiger partial charge in [-0.1, -0.05) is 31.9 Å². The molecule has 1 aromatic carbocycles. The first kappa shape index (κ1) is 15.9. The lowest BCUT2D eigenvalue weighted by Gasteiger charge is -2.06.